The molecule has 0 radical (unpaired) electrons. The lowest BCUT2D eigenvalue weighted by Gasteiger charge is -2.07. The fraction of sp³-hybridized carbons (Fsp3) is 0.583. The van der Waals surface area contributed by atoms with E-state index in [1.807, 2.05) is 0 Å². The SMILES string of the molecule is CC(C)Cc1cccc(CC(C)S)n1. The molecule has 1 aromatic heterocycles. The fourth-order valence-corrected chi connectivity index (χ4v) is 1.66. The third-order valence-electron chi connectivity index (χ3n) is 1.99. The van der Waals surface area contributed by atoms with Crippen molar-refractivity contribution in [2.75, 3.05) is 0 Å². The summed E-state index contributed by atoms with van der Waals surface area (Å²) in [5, 5.41) is 0.386. The first-order valence-corrected chi connectivity index (χ1v) is 5.72. The van der Waals surface area contributed by atoms with Gasteiger partial charge in [-0.25, -0.2) is 0 Å². The van der Waals surface area contributed by atoms with Crippen LogP contribution in [0.3, 0.4) is 0 Å². The number of hydrogen-bond acceptors (Lipinski definition) is 2. The molecule has 0 amide bonds. The predicted molar refractivity (Wildman–Crippen MR) is 64.9 cm³/mol. The molecule has 0 spiro atoms. The van der Waals surface area contributed by atoms with E-state index in [1.54, 1.807) is 0 Å². The highest BCUT2D eigenvalue weighted by molar-refractivity contribution is 7.80. The number of thiol groups is 1. The molecule has 0 aliphatic rings. The number of pyridine rings is 1. The lowest BCUT2D eigenvalue weighted by Crippen LogP contribution is -2.03. The minimum absolute atomic E-state index is 0.386. The monoisotopic (exact) mass is 209 g/mol. The van der Waals surface area contributed by atoms with Crippen molar-refractivity contribution in [3.63, 3.8) is 0 Å². The van der Waals surface area contributed by atoms with E-state index in [4.69, 9.17) is 0 Å². The van der Waals surface area contributed by atoms with E-state index in [-0.39, 0.29) is 0 Å². The van der Waals surface area contributed by atoms with Gasteiger partial charge in [-0.05, 0) is 24.5 Å². The van der Waals surface area contributed by atoms with Gasteiger partial charge in [0.05, 0.1) is 0 Å². The first-order valence-electron chi connectivity index (χ1n) is 5.21. The van der Waals surface area contributed by atoms with Gasteiger partial charge in [-0.2, -0.15) is 12.6 Å². The maximum atomic E-state index is 4.60. The Morgan fingerprint density at radius 2 is 1.71 bits per heavy atom. The van der Waals surface area contributed by atoms with E-state index >= 15 is 0 Å². The molecule has 0 fully saturated rings. The third kappa shape index (κ3) is 4.14. The van der Waals surface area contributed by atoms with Crippen molar-refractivity contribution in [1.29, 1.82) is 0 Å². The Morgan fingerprint density at radius 1 is 1.14 bits per heavy atom. The highest BCUT2D eigenvalue weighted by Gasteiger charge is 2.02. The Labute approximate surface area is 92.4 Å². The van der Waals surface area contributed by atoms with Crippen LogP contribution in [0.2, 0.25) is 0 Å². The highest BCUT2D eigenvalue weighted by Crippen LogP contribution is 2.09. The van der Waals surface area contributed by atoms with Gasteiger partial charge in [0.2, 0.25) is 0 Å². The standard InChI is InChI=1S/C12H19NS/c1-9(2)7-11-5-4-6-12(13-11)8-10(3)14/h4-6,9-10,14H,7-8H2,1-3H3. The minimum atomic E-state index is 0.386. The van der Waals surface area contributed by atoms with Crippen molar-refractivity contribution in [2.24, 2.45) is 5.92 Å². The Bertz CT molecular complexity index is 256. The van der Waals surface area contributed by atoms with Gasteiger partial charge in [0.15, 0.2) is 0 Å². The maximum absolute atomic E-state index is 4.60. The molecule has 14 heavy (non-hydrogen) atoms. The van der Waals surface area contributed by atoms with Crippen LogP contribution in [-0.4, -0.2) is 10.2 Å². The van der Waals surface area contributed by atoms with Gasteiger partial charge in [0, 0.05) is 23.1 Å². The zero-order chi connectivity index (χ0) is 10.6. The molecule has 0 saturated heterocycles. The van der Waals surface area contributed by atoms with Gasteiger partial charge in [0.25, 0.3) is 0 Å². The lowest BCUT2D eigenvalue weighted by molar-refractivity contribution is 0.632. The van der Waals surface area contributed by atoms with E-state index in [2.05, 4.69) is 56.6 Å². The summed E-state index contributed by atoms with van der Waals surface area (Å²) in [5.74, 6) is 0.672. The summed E-state index contributed by atoms with van der Waals surface area (Å²) in [6.07, 6.45) is 2.02. The van der Waals surface area contributed by atoms with E-state index < -0.39 is 0 Å². The number of aromatic nitrogens is 1. The highest BCUT2D eigenvalue weighted by atomic mass is 32.1. The number of hydrogen-bond donors (Lipinski definition) is 1. The molecular formula is C12H19NS. The first kappa shape index (κ1) is 11.6. The zero-order valence-electron chi connectivity index (χ0n) is 9.20. The molecule has 1 unspecified atom stereocenters. The quantitative estimate of drug-likeness (QED) is 0.752. The molecule has 0 aromatic carbocycles. The molecule has 78 valence electrons. The molecule has 1 heterocycles. The first-order chi connectivity index (χ1) is 6.58. The summed E-state index contributed by atoms with van der Waals surface area (Å²) < 4.78 is 0. The van der Waals surface area contributed by atoms with E-state index in [0.717, 1.165) is 18.5 Å². The molecule has 1 aromatic rings. The Hall–Kier alpha value is -0.500. The second-order valence-electron chi connectivity index (χ2n) is 4.27. The second-order valence-corrected chi connectivity index (χ2v) is 5.15. The Kier molecular flexibility index (Phi) is 4.46. The normalized spacial score (nSPS) is 13.2. The molecule has 1 rings (SSSR count). The van der Waals surface area contributed by atoms with Crippen molar-refractivity contribution in [3.8, 4) is 0 Å². The van der Waals surface area contributed by atoms with Crippen LogP contribution < -0.4 is 0 Å². The summed E-state index contributed by atoms with van der Waals surface area (Å²) in [5.41, 5.74) is 2.36. The van der Waals surface area contributed by atoms with Crippen LogP contribution in [0.25, 0.3) is 0 Å². The van der Waals surface area contributed by atoms with Gasteiger partial charge in [-0.3, -0.25) is 4.98 Å². The molecule has 0 saturated carbocycles. The fourth-order valence-electron chi connectivity index (χ4n) is 1.48. The van der Waals surface area contributed by atoms with E-state index in [1.165, 1.54) is 5.69 Å². The molecule has 0 aliphatic heterocycles. The van der Waals surface area contributed by atoms with Gasteiger partial charge >= 0.3 is 0 Å². The molecule has 0 bridgehead atoms. The molecule has 1 atom stereocenters. The predicted octanol–water partition coefficient (Wildman–Crippen LogP) is 3.14. The average molecular weight is 209 g/mol. The van der Waals surface area contributed by atoms with Crippen molar-refractivity contribution in [2.45, 2.75) is 38.9 Å². The van der Waals surface area contributed by atoms with Gasteiger partial charge in [-0.15, -0.1) is 0 Å². The Balaban J connectivity index is 2.68. The van der Waals surface area contributed by atoms with Crippen LogP contribution in [0.15, 0.2) is 18.2 Å². The number of rotatable bonds is 4. The molecular weight excluding hydrogens is 190 g/mol. The van der Waals surface area contributed by atoms with Crippen LogP contribution in [0, 0.1) is 5.92 Å². The zero-order valence-corrected chi connectivity index (χ0v) is 10.1. The van der Waals surface area contributed by atoms with E-state index in [9.17, 15) is 0 Å². The van der Waals surface area contributed by atoms with Crippen LogP contribution >= 0.6 is 12.6 Å². The summed E-state index contributed by atoms with van der Waals surface area (Å²) in [4.78, 5) is 4.60. The second kappa shape index (κ2) is 5.40. The summed E-state index contributed by atoms with van der Waals surface area (Å²) in [6.45, 7) is 6.53. The Morgan fingerprint density at radius 3 is 2.21 bits per heavy atom. The lowest BCUT2D eigenvalue weighted by atomic mass is 10.1. The van der Waals surface area contributed by atoms with Gasteiger partial charge in [-0.1, -0.05) is 26.8 Å². The molecule has 1 nitrogen and oxygen atoms in total. The van der Waals surface area contributed by atoms with Crippen molar-refractivity contribution in [1.82, 2.24) is 4.98 Å². The van der Waals surface area contributed by atoms with Crippen LogP contribution in [0.5, 0.6) is 0 Å². The van der Waals surface area contributed by atoms with Crippen molar-refractivity contribution in [3.05, 3.63) is 29.6 Å². The molecule has 0 aliphatic carbocycles. The molecule has 2 heteroatoms. The summed E-state index contributed by atoms with van der Waals surface area (Å²) in [6, 6.07) is 6.28. The summed E-state index contributed by atoms with van der Waals surface area (Å²) in [7, 11) is 0. The van der Waals surface area contributed by atoms with Gasteiger partial charge in [0.1, 0.15) is 0 Å². The van der Waals surface area contributed by atoms with Crippen LogP contribution in [0.1, 0.15) is 32.2 Å². The van der Waals surface area contributed by atoms with Crippen molar-refractivity contribution >= 4 is 12.6 Å². The topological polar surface area (TPSA) is 12.9 Å². The smallest absolute Gasteiger partial charge is 0.0417 e. The largest absolute Gasteiger partial charge is 0.258 e. The number of nitrogens with zero attached hydrogens (tertiary/aromatic N) is 1. The maximum Gasteiger partial charge on any atom is 0.0417 e. The third-order valence-corrected chi connectivity index (χ3v) is 2.17. The van der Waals surface area contributed by atoms with E-state index in [0.29, 0.717) is 11.2 Å². The molecule has 0 N–H and O–H groups in total. The minimum Gasteiger partial charge on any atom is -0.258 e. The summed E-state index contributed by atoms with van der Waals surface area (Å²) >= 11 is 4.37. The van der Waals surface area contributed by atoms with Crippen LogP contribution in [0.4, 0.5) is 0 Å². The van der Waals surface area contributed by atoms with Gasteiger partial charge < -0.3 is 0 Å². The van der Waals surface area contributed by atoms with Crippen molar-refractivity contribution < 1.29 is 0 Å². The average Bonchev–Trinajstić information content (AvgIpc) is 2.01. The van der Waals surface area contributed by atoms with Crippen LogP contribution in [-0.2, 0) is 12.8 Å².